The second-order valence-electron chi connectivity index (χ2n) is 5.12. The summed E-state index contributed by atoms with van der Waals surface area (Å²) >= 11 is 0. The highest BCUT2D eigenvalue weighted by Gasteiger charge is 2.30. The van der Waals surface area contributed by atoms with Gasteiger partial charge in [-0.25, -0.2) is 13.1 Å². The van der Waals surface area contributed by atoms with Crippen molar-refractivity contribution in [2.75, 3.05) is 25.2 Å². The van der Waals surface area contributed by atoms with Crippen molar-refractivity contribution in [2.24, 2.45) is 0 Å². The summed E-state index contributed by atoms with van der Waals surface area (Å²) in [6.07, 6.45) is 0.663. The predicted molar refractivity (Wildman–Crippen MR) is 79.8 cm³/mol. The van der Waals surface area contributed by atoms with Gasteiger partial charge in [-0.2, -0.15) is 0 Å². The van der Waals surface area contributed by atoms with Crippen LogP contribution in [0.15, 0.2) is 23.1 Å². The quantitative estimate of drug-likeness (QED) is 0.820. The SMILES string of the molecule is COCCNS(=O)(=O)c1ccc2c(c1)C[C@@H](C)N2C(C)=O. The van der Waals surface area contributed by atoms with Gasteiger partial charge in [-0.15, -0.1) is 0 Å². The van der Waals surface area contributed by atoms with Crippen LogP contribution in [-0.2, 0) is 26.0 Å². The van der Waals surface area contributed by atoms with Gasteiger partial charge in [-0.1, -0.05) is 0 Å². The number of benzene rings is 1. The van der Waals surface area contributed by atoms with Gasteiger partial charge in [-0.05, 0) is 37.1 Å². The van der Waals surface area contributed by atoms with E-state index in [1.807, 2.05) is 6.92 Å². The topological polar surface area (TPSA) is 75.7 Å². The molecule has 1 atom stereocenters. The molecule has 6 nitrogen and oxygen atoms in total. The minimum atomic E-state index is -3.54. The lowest BCUT2D eigenvalue weighted by Crippen LogP contribution is -2.33. The molecule has 1 aliphatic heterocycles. The fourth-order valence-electron chi connectivity index (χ4n) is 2.62. The molecule has 0 radical (unpaired) electrons. The van der Waals surface area contributed by atoms with E-state index >= 15 is 0 Å². The molecule has 1 aliphatic rings. The molecule has 0 aromatic heterocycles. The molecule has 1 aromatic rings. The van der Waals surface area contributed by atoms with Crippen LogP contribution in [0.2, 0.25) is 0 Å². The zero-order valence-corrected chi connectivity index (χ0v) is 13.2. The first-order valence-electron chi connectivity index (χ1n) is 6.78. The number of nitrogens with one attached hydrogen (secondary N) is 1. The number of rotatable bonds is 5. The van der Waals surface area contributed by atoms with E-state index in [9.17, 15) is 13.2 Å². The number of hydrogen-bond donors (Lipinski definition) is 1. The van der Waals surface area contributed by atoms with E-state index < -0.39 is 10.0 Å². The van der Waals surface area contributed by atoms with E-state index in [-0.39, 0.29) is 23.4 Å². The van der Waals surface area contributed by atoms with Gasteiger partial charge in [0.05, 0.1) is 11.5 Å². The third-order valence-corrected chi connectivity index (χ3v) is 4.97. The molecule has 1 N–H and O–H groups in total. The minimum Gasteiger partial charge on any atom is -0.383 e. The molecule has 116 valence electrons. The van der Waals surface area contributed by atoms with Crippen LogP contribution in [0.4, 0.5) is 5.69 Å². The Morgan fingerprint density at radius 2 is 2.19 bits per heavy atom. The molecule has 7 heteroatoms. The number of fused-ring (bicyclic) bond motifs is 1. The summed E-state index contributed by atoms with van der Waals surface area (Å²) in [5, 5.41) is 0. The Morgan fingerprint density at radius 1 is 1.48 bits per heavy atom. The second kappa shape index (κ2) is 6.13. The van der Waals surface area contributed by atoms with Crippen LogP contribution in [0.5, 0.6) is 0 Å². The zero-order valence-electron chi connectivity index (χ0n) is 12.4. The van der Waals surface area contributed by atoms with Crippen molar-refractivity contribution in [3.63, 3.8) is 0 Å². The van der Waals surface area contributed by atoms with E-state index in [0.717, 1.165) is 11.3 Å². The molecule has 0 aliphatic carbocycles. The van der Waals surface area contributed by atoms with Crippen molar-refractivity contribution in [1.82, 2.24) is 4.72 Å². The van der Waals surface area contributed by atoms with Gasteiger partial charge in [-0.3, -0.25) is 4.79 Å². The van der Waals surface area contributed by atoms with Gasteiger partial charge >= 0.3 is 0 Å². The van der Waals surface area contributed by atoms with Crippen LogP contribution in [0, 0.1) is 0 Å². The van der Waals surface area contributed by atoms with E-state index in [4.69, 9.17) is 4.74 Å². The fourth-order valence-corrected chi connectivity index (χ4v) is 3.68. The molecule has 0 unspecified atom stereocenters. The Bertz CT molecular complexity index is 642. The number of nitrogens with zero attached hydrogens (tertiary/aromatic N) is 1. The first-order valence-corrected chi connectivity index (χ1v) is 8.26. The summed E-state index contributed by atoms with van der Waals surface area (Å²) in [6, 6.07) is 4.92. The molecule has 0 bridgehead atoms. The Morgan fingerprint density at radius 3 is 2.81 bits per heavy atom. The lowest BCUT2D eigenvalue weighted by molar-refractivity contribution is -0.116. The molecular weight excluding hydrogens is 292 g/mol. The van der Waals surface area contributed by atoms with Crippen molar-refractivity contribution in [1.29, 1.82) is 0 Å². The van der Waals surface area contributed by atoms with Crippen LogP contribution < -0.4 is 9.62 Å². The summed E-state index contributed by atoms with van der Waals surface area (Å²) in [7, 11) is -2.03. The van der Waals surface area contributed by atoms with E-state index in [2.05, 4.69) is 4.72 Å². The smallest absolute Gasteiger partial charge is 0.240 e. The molecule has 0 saturated heterocycles. The highest BCUT2D eigenvalue weighted by Crippen LogP contribution is 2.33. The first kappa shape index (κ1) is 15.9. The number of anilines is 1. The highest BCUT2D eigenvalue weighted by molar-refractivity contribution is 7.89. The Labute approximate surface area is 125 Å². The molecule has 1 amide bonds. The molecule has 0 spiro atoms. The summed E-state index contributed by atoms with van der Waals surface area (Å²) in [5.74, 6) is -0.0323. The number of amides is 1. The van der Waals surface area contributed by atoms with Crippen LogP contribution in [-0.4, -0.2) is 40.6 Å². The maximum atomic E-state index is 12.2. The van der Waals surface area contributed by atoms with Crippen molar-refractivity contribution in [3.05, 3.63) is 23.8 Å². The molecule has 1 aromatic carbocycles. The zero-order chi connectivity index (χ0) is 15.6. The first-order chi connectivity index (χ1) is 9.86. The third-order valence-electron chi connectivity index (χ3n) is 3.51. The largest absolute Gasteiger partial charge is 0.383 e. The van der Waals surface area contributed by atoms with Gasteiger partial charge in [0.1, 0.15) is 0 Å². The van der Waals surface area contributed by atoms with Crippen LogP contribution in [0.25, 0.3) is 0 Å². The number of carbonyl (C=O) groups excluding carboxylic acids is 1. The van der Waals surface area contributed by atoms with E-state index in [1.54, 1.807) is 17.0 Å². The average molecular weight is 312 g/mol. The Kier molecular flexibility index (Phi) is 4.65. The fraction of sp³-hybridized carbons (Fsp3) is 0.500. The predicted octanol–water partition coefficient (Wildman–Crippen LogP) is 0.909. The minimum absolute atomic E-state index is 0.0323. The summed E-state index contributed by atoms with van der Waals surface area (Å²) in [6.45, 7) is 4.01. The Balaban J connectivity index is 2.27. The van der Waals surface area contributed by atoms with Crippen molar-refractivity contribution in [2.45, 2.75) is 31.2 Å². The van der Waals surface area contributed by atoms with Gasteiger partial charge in [0.25, 0.3) is 0 Å². The maximum absolute atomic E-state index is 12.2. The highest BCUT2D eigenvalue weighted by atomic mass is 32.2. The molecular formula is C14H20N2O4S. The standard InChI is InChI=1S/C14H20N2O4S/c1-10-8-12-9-13(21(18,19)15-6-7-20-3)4-5-14(12)16(10)11(2)17/h4-5,9-10,15H,6-8H2,1-3H3/t10-/m1/s1. The lowest BCUT2D eigenvalue weighted by atomic mass is 10.1. The molecule has 0 fully saturated rings. The number of hydrogen-bond acceptors (Lipinski definition) is 4. The lowest BCUT2D eigenvalue weighted by Gasteiger charge is -2.20. The third kappa shape index (κ3) is 3.25. The van der Waals surface area contributed by atoms with Crippen LogP contribution >= 0.6 is 0 Å². The average Bonchev–Trinajstić information content (AvgIpc) is 2.73. The van der Waals surface area contributed by atoms with Gasteiger partial charge in [0.2, 0.25) is 15.9 Å². The molecule has 2 rings (SSSR count). The monoisotopic (exact) mass is 312 g/mol. The number of carbonyl (C=O) groups is 1. The summed E-state index contributed by atoms with van der Waals surface area (Å²) < 4.78 is 31.6. The second-order valence-corrected chi connectivity index (χ2v) is 6.89. The maximum Gasteiger partial charge on any atom is 0.240 e. The van der Waals surface area contributed by atoms with E-state index in [1.165, 1.54) is 20.1 Å². The van der Waals surface area contributed by atoms with Crippen molar-refractivity contribution < 1.29 is 17.9 Å². The Hall–Kier alpha value is -1.44. The van der Waals surface area contributed by atoms with Gasteiger partial charge < -0.3 is 9.64 Å². The summed E-state index contributed by atoms with van der Waals surface area (Å²) in [4.78, 5) is 13.6. The van der Waals surface area contributed by atoms with Crippen LogP contribution in [0.1, 0.15) is 19.4 Å². The van der Waals surface area contributed by atoms with Crippen molar-refractivity contribution in [3.8, 4) is 0 Å². The van der Waals surface area contributed by atoms with Gasteiger partial charge in [0, 0.05) is 32.3 Å². The van der Waals surface area contributed by atoms with Crippen LogP contribution in [0.3, 0.4) is 0 Å². The molecule has 1 heterocycles. The number of methoxy groups -OCH3 is 1. The van der Waals surface area contributed by atoms with E-state index in [0.29, 0.717) is 13.0 Å². The summed E-state index contributed by atoms with van der Waals surface area (Å²) in [5.41, 5.74) is 1.68. The molecule has 21 heavy (non-hydrogen) atoms. The number of sulfonamides is 1. The molecule has 0 saturated carbocycles. The van der Waals surface area contributed by atoms with Crippen molar-refractivity contribution >= 4 is 21.6 Å². The van der Waals surface area contributed by atoms with Gasteiger partial charge in [0.15, 0.2) is 0 Å². The normalized spacial score (nSPS) is 17.9. The number of ether oxygens (including phenoxy) is 1.